The Hall–Kier alpha value is -2.32. The van der Waals surface area contributed by atoms with Gasteiger partial charge >= 0.3 is 5.97 Å². The van der Waals surface area contributed by atoms with Crippen molar-refractivity contribution in [1.82, 2.24) is 10.2 Å². The van der Waals surface area contributed by atoms with Crippen molar-refractivity contribution in [2.45, 2.75) is 0 Å². The second-order valence-corrected chi connectivity index (χ2v) is 3.31. The van der Waals surface area contributed by atoms with Gasteiger partial charge in [-0.25, -0.2) is 4.79 Å². The number of aliphatic hydroxyl groups is 1. The van der Waals surface area contributed by atoms with Gasteiger partial charge in [0.25, 0.3) is 0 Å². The van der Waals surface area contributed by atoms with E-state index in [1.165, 1.54) is 7.11 Å². The Morgan fingerprint density at radius 1 is 1.59 bits per heavy atom. The van der Waals surface area contributed by atoms with Crippen LogP contribution in [0.15, 0.2) is 18.3 Å². The number of nitrogens with one attached hydrogen (secondary N) is 1. The standard InChI is InChI=1S/C12H10N2O3/c1-17-12(16)9-5-8(3-2-4-15)6-11-10(9)7-13-14-11/h5-7,15H,4H2,1H3,(H,13,14). The lowest BCUT2D eigenvalue weighted by atomic mass is 10.1. The van der Waals surface area contributed by atoms with Crippen LogP contribution in [0.5, 0.6) is 0 Å². The summed E-state index contributed by atoms with van der Waals surface area (Å²) in [5.41, 5.74) is 1.73. The van der Waals surface area contributed by atoms with Crippen molar-refractivity contribution in [3.8, 4) is 11.8 Å². The Kier molecular flexibility index (Phi) is 3.08. The molecule has 5 nitrogen and oxygen atoms in total. The van der Waals surface area contributed by atoms with Crippen molar-refractivity contribution in [2.24, 2.45) is 0 Å². The van der Waals surface area contributed by atoms with Crippen LogP contribution in [0.3, 0.4) is 0 Å². The molecule has 0 aliphatic carbocycles. The van der Waals surface area contributed by atoms with E-state index in [1.54, 1.807) is 18.3 Å². The summed E-state index contributed by atoms with van der Waals surface area (Å²) >= 11 is 0. The molecule has 1 aromatic heterocycles. The lowest BCUT2D eigenvalue weighted by Crippen LogP contribution is -2.02. The summed E-state index contributed by atoms with van der Waals surface area (Å²) in [6, 6.07) is 3.38. The molecule has 2 rings (SSSR count). The average Bonchev–Trinajstić information content (AvgIpc) is 2.82. The Bertz CT molecular complexity index is 619. The van der Waals surface area contributed by atoms with E-state index >= 15 is 0 Å². The molecule has 2 aromatic rings. The van der Waals surface area contributed by atoms with Crippen molar-refractivity contribution in [1.29, 1.82) is 0 Å². The number of ether oxygens (including phenoxy) is 1. The van der Waals surface area contributed by atoms with Crippen LogP contribution in [0.25, 0.3) is 10.9 Å². The number of fused-ring (bicyclic) bond motifs is 1. The van der Waals surface area contributed by atoms with E-state index in [9.17, 15) is 4.79 Å². The monoisotopic (exact) mass is 230 g/mol. The van der Waals surface area contributed by atoms with Gasteiger partial charge in [-0.05, 0) is 12.1 Å². The van der Waals surface area contributed by atoms with E-state index in [0.717, 1.165) is 0 Å². The molecule has 17 heavy (non-hydrogen) atoms. The maximum atomic E-state index is 11.6. The molecule has 86 valence electrons. The lowest BCUT2D eigenvalue weighted by molar-refractivity contribution is 0.0603. The third-order valence-corrected chi connectivity index (χ3v) is 2.28. The van der Waals surface area contributed by atoms with E-state index in [0.29, 0.717) is 22.0 Å². The molecule has 0 unspecified atom stereocenters. The number of aromatic amines is 1. The molecule has 1 heterocycles. The molecule has 1 aromatic carbocycles. The second-order valence-electron chi connectivity index (χ2n) is 3.31. The number of carbonyl (C=O) groups excluding carboxylic acids is 1. The third-order valence-electron chi connectivity index (χ3n) is 2.28. The molecule has 2 N–H and O–H groups in total. The van der Waals surface area contributed by atoms with Crippen LogP contribution in [0, 0.1) is 11.8 Å². The number of hydrogen-bond acceptors (Lipinski definition) is 4. The van der Waals surface area contributed by atoms with Gasteiger partial charge in [-0.2, -0.15) is 5.10 Å². The fourth-order valence-electron chi connectivity index (χ4n) is 1.54. The molecule has 5 heteroatoms. The van der Waals surface area contributed by atoms with Crippen LogP contribution in [0.4, 0.5) is 0 Å². The molecule has 0 radical (unpaired) electrons. The minimum atomic E-state index is -0.441. The molecular formula is C12H10N2O3. The number of nitrogens with zero attached hydrogens (tertiary/aromatic N) is 1. The second kappa shape index (κ2) is 4.68. The normalized spacial score (nSPS) is 9.76. The minimum absolute atomic E-state index is 0.228. The number of aromatic nitrogens is 2. The Balaban J connectivity index is 2.62. The van der Waals surface area contributed by atoms with Gasteiger partial charge in [0.1, 0.15) is 6.61 Å². The first kappa shape index (κ1) is 11.2. The van der Waals surface area contributed by atoms with E-state index in [-0.39, 0.29) is 6.61 Å². The number of H-pyrrole nitrogens is 1. The van der Waals surface area contributed by atoms with Gasteiger partial charge in [0.2, 0.25) is 0 Å². The fourth-order valence-corrected chi connectivity index (χ4v) is 1.54. The lowest BCUT2D eigenvalue weighted by Gasteiger charge is -2.01. The highest BCUT2D eigenvalue weighted by molar-refractivity contribution is 6.03. The fraction of sp³-hybridized carbons (Fsp3) is 0.167. The zero-order chi connectivity index (χ0) is 12.3. The maximum Gasteiger partial charge on any atom is 0.338 e. The zero-order valence-corrected chi connectivity index (χ0v) is 9.15. The molecule has 0 aliphatic rings. The molecular weight excluding hydrogens is 220 g/mol. The summed E-state index contributed by atoms with van der Waals surface area (Å²) in [6.45, 7) is -0.228. The highest BCUT2D eigenvalue weighted by Gasteiger charge is 2.12. The molecule has 0 saturated heterocycles. The van der Waals surface area contributed by atoms with Gasteiger partial charge in [-0.3, -0.25) is 5.10 Å². The summed E-state index contributed by atoms with van der Waals surface area (Å²) in [5.74, 6) is 4.82. The molecule has 0 spiro atoms. The highest BCUT2D eigenvalue weighted by Crippen LogP contribution is 2.19. The van der Waals surface area contributed by atoms with Crippen molar-refractivity contribution in [3.63, 3.8) is 0 Å². The smallest absolute Gasteiger partial charge is 0.338 e. The number of carbonyl (C=O) groups is 1. The number of methoxy groups -OCH3 is 1. The first-order valence-electron chi connectivity index (χ1n) is 4.91. The van der Waals surface area contributed by atoms with Gasteiger partial charge in [-0.15, -0.1) is 0 Å². The van der Waals surface area contributed by atoms with Gasteiger partial charge in [0.15, 0.2) is 0 Å². The van der Waals surface area contributed by atoms with Crippen LogP contribution in [0.1, 0.15) is 15.9 Å². The number of esters is 1. The molecule has 0 fully saturated rings. The highest BCUT2D eigenvalue weighted by atomic mass is 16.5. The summed E-state index contributed by atoms with van der Waals surface area (Å²) in [7, 11) is 1.32. The molecule has 0 bridgehead atoms. The van der Waals surface area contributed by atoms with Crippen molar-refractivity contribution < 1.29 is 14.6 Å². The molecule has 0 saturated carbocycles. The molecule has 0 atom stereocenters. The van der Waals surface area contributed by atoms with Gasteiger partial charge < -0.3 is 9.84 Å². The van der Waals surface area contributed by atoms with E-state index in [1.807, 2.05) is 0 Å². The number of aliphatic hydroxyl groups excluding tert-OH is 1. The summed E-state index contributed by atoms with van der Waals surface area (Å²) in [5, 5.41) is 16.0. The van der Waals surface area contributed by atoms with E-state index < -0.39 is 5.97 Å². The number of hydrogen-bond donors (Lipinski definition) is 2. The average molecular weight is 230 g/mol. The van der Waals surface area contributed by atoms with Crippen LogP contribution >= 0.6 is 0 Å². The third kappa shape index (κ3) is 2.12. The predicted molar refractivity (Wildman–Crippen MR) is 61.4 cm³/mol. The van der Waals surface area contributed by atoms with Crippen LogP contribution in [0.2, 0.25) is 0 Å². The molecule has 0 aliphatic heterocycles. The van der Waals surface area contributed by atoms with E-state index in [2.05, 4.69) is 22.0 Å². The SMILES string of the molecule is COC(=O)c1cc(C#CCO)cc2[nH]ncc12. The minimum Gasteiger partial charge on any atom is -0.465 e. The topological polar surface area (TPSA) is 75.2 Å². The van der Waals surface area contributed by atoms with Gasteiger partial charge in [-0.1, -0.05) is 11.8 Å². The van der Waals surface area contributed by atoms with E-state index in [4.69, 9.17) is 9.84 Å². The summed E-state index contributed by atoms with van der Waals surface area (Å²) in [6.07, 6.45) is 1.56. The van der Waals surface area contributed by atoms with Crippen LogP contribution in [-0.2, 0) is 4.74 Å². The van der Waals surface area contributed by atoms with Crippen molar-refractivity contribution >= 4 is 16.9 Å². The van der Waals surface area contributed by atoms with Crippen LogP contribution in [-0.4, -0.2) is 35.0 Å². The first-order valence-corrected chi connectivity index (χ1v) is 4.91. The zero-order valence-electron chi connectivity index (χ0n) is 9.15. The predicted octanol–water partition coefficient (Wildman–Crippen LogP) is 0.693. The molecule has 0 amide bonds. The quantitative estimate of drug-likeness (QED) is 0.558. The van der Waals surface area contributed by atoms with Crippen molar-refractivity contribution in [3.05, 3.63) is 29.5 Å². The number of rotatable bonds is 1. The Morgan fingerprint density at radius 2 is 2.41 bits per heavy atom. The van der Waals surface area contributed by atoms with Gasteiger partial charge in [0, 0.05) is 10.9 Å². The van der Waals surface area contributed by atoms with Crippen LogP contribution < -0.4 is 0 Å². The maximum absolute atomic E-state index is 11.6. The Labute approximate surface area is 97.4 Å². The Morgan fingerprint density at radius 3 is 3.12 bits per heavy atom. The number of benzene rings is 1. The van der Waals surface area contributed by atoms with Gasteiger partial charge in [0.05, 0.1) is 24.4 Å². The summed E-state index contributed by atoms with van der Waals surface area (Å²) in [4.78, 5) is 11.6. The largest absolute Gasteiger partial charge is 0.465 e. The van der Waals surface area contributed by atoms with Crippen molar-refractivity contribution in [2.75, 3.05) is 13.7 Å². The first-order chi connectivity index (χ1) is 8.26. The summed E-state index contributed by atoms with van der Waals surface area (Å²) < 4.78 is 4.70.